The maximum absolute atomic E-state index is 13.0. The van der Waals surface area contributed by atoms with Gasteiger partial charge in [-0.25, -0.2) is 8.42 Å². The molecule has 2 N–H and O–H groups in total. The molecule has 1 aromatic rings. The van der Waals surface area contributed by atoms with Crippen molar-refractivity contribution < 1.29 is 8.42 Å². The molecule has 0 aromatic heterocycles. The van der Waals surface area contributed by atoms with Crippen LogP contribution in [0, 0.1) is 5.92 Å². The van der Waals surface area contributed by atoms with Crippen LogP contribution in [0.3, 0.4) is 0 Å². The van der Waals surface area contributed by atoms with Crippen LogP contribution in [0.2, 0.25) is 10.0 Å². The van der Waals surface area contributed by atoms with Gasteiger partial charge in [-0.1, -0.05) is 36.0 Å². The van der Waals surface area contributed by atoms with Crippen LogP contribution in [-0.4, -0.2) is 25.3 Å². The molecule has 3 rings (SSSR count). The van der Waals surface area contributed by atoms with Crippen molar-refractivity contribution >= 4 is 38.9 Å². The van der Waals surface area contributed by atoms with E-state index in [4.69, 9.17) is 28.9 Å². The maximum atomic E-state index is 13.0. The quantitative estimate of drug-likeness (QED) is 0.831. The fourth-order valence-electron chi connectivity index (χ4n) is 3.60. The van der Waals surface area contributed by atoms with Crippen molar-refractivity contribution in [2.24, 2.45) is 5.92 Å². The number of nitrogens with two attached hydrogens (primary N) is 1. The Balaban J connectivity index is 2.01. The standard InChI is InChI=1S/C14H18Cl2N2O2S/c15-11-7-10(17)8-12(16)14(11)21(19,20)18-6-5-9-3-1-2-4-13(9)18/h7-9,13H,1-6,17H2. The first-order chi connectivity index (χ1) is 9.91. The summed E-state index contributed by atoms with van der Waals surface area (Å²) in [5, 5.41) is 0.193. The van der Waals surface area contributed by atoms with Gasteiger partial charge in [-0.15, -0.1) is 0 Å². The summed E-state index contributed by atoms with van der Waals surface area (Å²) in [6, 6.07) is 2.97. The van der Waals surface area contributed by atoms with E-state index < -0.39 is 10.0 Å². The summed E-state index contributed by atoms with van der Waals surface area (Å²) in [7, 11) is -3.67. The zero-order valence-electron chi connectivity index (χ0n) is 11.6. The molecule has 2 fully saturated rings. The van der Waals surface area contributed by atoms with Crippen LogP contribution in [0.25, 0.3) is 0 Å². The summed E-state index contributed by atoms with van der Waals surface area (Å²) in [4.78, 5) is -0.00810. The average molecular weight is 349 g/mol. The van der Waals surface area contributed by atoms with Crippen molar-refractivity contribution in [1.82, 2.24) is 4.31 Å². The number of fused-ring (bicyclic) bond motifs is 1. The van der Waals surface area contributed by atoms with E-state index in [1.54, 1.807) is 4.31 Å². The van der Waals surface area contributed by atoms with E-state index in [-0.39, 0.29) is 21.0 Å². The second-order valence-electron chi connectivity index (χ2n) is 5.83. The van der Waals surface area contributed by atoms with Gasteiger partial charge in [-0.05, 0) is 37.3 Å². The molecule has 1 saturated heterocycles. The molecule has 1 heterocycles. The molecule has 1 aromatic carbocycles. The third-order valence-corrected chi connectivity index (χ3v) is 7.39. The number of anilines is 1. The molecule has 0 amide bonds. The van der Waals surface area contributed by atoms with E-state index in [2.05, 4.69) is 0 Å². The monoisotopic (exact) mass is 348 g/mol. The highest BCUT2D eigenvalue weighted by Gasteiger charge is 2.43. The largest absolute Gasteiger partial charge is 0.399 e. The molecule has 1 aliphatic carbocycles. The lowest BCUT2D eigenvalue weighted by Gasteiger charge is -2.31. The minimum absolute atomic E-state index is 0.00810. The Bertz CT molecular complexity index is 640. The van der Waals surface area contributed by atoms with Crippen LogP contribution >= 0.6 is 23.2 Å². The van der Waals surface area contributed by atoms with Crippen LogP contribution in [0.1, 0.15) is 32.1 Å². The van der Waals surface area contributed by atoms with Crippen molar-refractivity contribution in [2.75, 3.05) is 12.3 Å². The lowest BCUT2D eigenvalue weighted by atomic mass is 9.86. The predicted molar refractivity (Wildman–Crippen MR) is 85.1 cm³/mol. The SMILES string of the molecule is Nc1cc(Cl)c(S(=O)(=O)N2CCC3CCCCC32)c(Cl)c1. The smallest absolute Gasteiger partial charge is 0.246 e. The molecule has 2 atom stereocenters. The van der Waals surface area contributed by atoms with Crippen LogP contribution < -0.4 is 5.73 Å². The maximum Gasteiger partial charge on any atom is 0.246 e. The highest BCUT2D eigenvalue weighted by Crippen LogP contribution is 2.42. The van der Waals surface area contributed by atoms with Gasteiger partial charge in [-0.3, -0.25) is 0 Å². The second-order valence-corrected chi connectivity index (χ2v) is 8.47. The summed E-state index contributed by atoms with van der Waals surface area (Å²) in [5.41, 5.74) is 6.02. The van der Waals surface area contributed by atoms with Gasteiger partial charge in [0.1, 0.15) is 4.90 Å². The van der Waals surface area contributed by atoms with E-state index >= 15 is 0 Å². The lowest BCUT2D eigenvalue weighted by Crippen LogP contribution is -2.39. The molecule has 21 heavy (non-hydrogen) atoms. The molecule has 1 saturated carbocycles. The molecule has 0 bridgehead atoms. The van der Waals surface area contributed by atoms with Crippen molar-refractivity contribution in [1.29, 1.82) is 0 Å². The lowest BCUT2D eigenvalue weighted by molar-refractivity contribution is 0.260. The first-order valence-electron chi connectivity index (χ1n) is 7.17. The fraction of sp³-hybridized carbons (Fsp3) is 0.571. The van der Waals surface area contributed by atoms with E-state index in [0.29, 0.717) is 18.2 Å². The zero-order chi connectivity index (χ0) is 15.2. The normalized spacial score (nSPS) is 26.8. The topological polar surface area (TPSA) is 63.4 Å². The molecule has 1 aliphatic heterocycles. The predicted octanol–water partition coefficient (Wildman–Crippen LogP) is 3.53. The Hall–Kier alpha value is -0.490. The van der Waals surface area contributed by atoms with Crippen molar-refractivity contribution in [3.63, 3.8) is 0 Å². The number of rotatable bonds is 2. The first-order valence-corrected chi connectivity index (χ1v) is 9.37. The van der Waals surface area contributed by atoms with E-state index in [1.165, 1.54) is 18.6 Å². The Morgan fingerprint density at radius 3 is 2.38 bits per heavy atom. The molecule has 2 unspecified atom stereocenters. The van der Waals surface area contributed by atoms with Crippen LogP contribution in [0.15, 0.2) is 17.0 Å². The van der Waals surface area contributed by atoms with Crippen molar-refractivity contribution in [3.8, 4) is 0 Å². The minimum Gasteiger partial charge on any atom is -0.399 e. The Kier molecular flexibility index (Phi) is 4.12. The Morgan fingerprint density at radius 2 is 1.71 bits per heavy atom. The Morgan fingerprint density at radius 1 is 1.10 bits per heavy atom. The summed E-state index contributed by atoms with van der Waals surface area (Å²) >= 11 is 12.2. The fourth-order valence-corrected chi connectivity index (χ4v) is 6.52. The number of hydrogen-bond donors (Lipinski definition) is 1. The molecule has 0 radical (unpaired) electrons. The summed E-state index contributed by atoms with van der Waals surface area (Å²) in [5.74, 6) is 0.472. The number of hydrogen-bond acceptors (Lipinski definition) is 3. The van der Waals surface area contributed by atoms with Gasteiger partial charge < -0.3 is 5.73 Å². The van der Waals surface area contributed by atoms with Gasteiger partial charge in [-0.2, -0.15) is 4.31 Å². The van der Waals surface area contributed by atoms with Crippen LogP contribution in [0.5, 0.6) is 0 Å². The Labute approximate surface area is 135 Å². The van der Waals surface area contributed by atoms with Gasteiger partial charge in [0.25, 0.3) is 0 Å². The average Bonchev–Trinajstić information content (AvgIpc) is 2.81. The third kappa shape index (κ3) is 2.65. The van der Waals surface area contributed by atoms with Gasteiger partial charge in [0, 0.05) is 18.3 Å². The van der Waals surface area contributed by atoms with Gasteiger partial charge in [0.15, 0.2) is 0 Å². The van der Waals surface area contributed by atoms with Gasteiger partial charge in [0.2, 0.25) is 10.0 Å². The number of benzene rings is 1. The molecular formula is C14H18Cl2N2O2S. The highest BCUT2D eigenvalue weighted by molar-refractivity contribution is 7.89. The van der Waals surface area contributed by atoms with E-state index in [1.807, 2.05) is 0 Å². The summed E-state index contributed by atoms with van der Waals surface area (Å²) in [6.07, 6.45) is 5.23. The van der Waals surface area contributed by atoms with Crippen LogP contribution in [0.4, 0.5) is 5.69 Å². The van der Waals surface area contributed by atoms with Crippen LogP contribution in [-0.2, 0) is 10.0 Å². The number of sulfonamides is 1. The highest BCUT2D eigenvalue weighted by atomic mass is 35.5. The van der Waals surface area contributed by atoms with Gasteiger partial charge >= 0.3 is 0 Å². The van der Waals surface area contributed by atoms with Gasteiger partial charge in [0.05, 0.1) is 10.0 Å². The summed E-state index contributed by atoms with van der Waals surface area (Å²) in [6.45, 7) is 0.550. The molecule has 0 spiro atoms. The number of halogens is 2. The van der Waals surface area contributed by atoms with E-state index in [0.717, 1.165) is 25.7 Å². The number of nitrogen functional groups attached to an aromatic ring is 1. The minimum atomic E-state index is -3.67. The number of nitrogens with zero attached hydrogens (tertiary/aromatic N) is 1. The van der Waals surface area contributed by atoms with E-state index in [9.17, 15) is 8.42 Å². The zero-order valence-corrected chi connectivity index (χ0v) is 13.9. The third-order valence-electron chi connectivity index (χ3n) is 4.55. The molecule has 4 nitrogen and oxygen atoms in total. The van der Waals surface area contributed by atoms with Crippen molar-refractivity contribution in [3.05, 3.63) is 22.2 Å². The summed E-state index contributed by atoms with van der Waals surface area (Å²) < 4.78 is 27.5. The van der Waals surface area contributed by atoms with Crippen molar-refractivity contribution in [2.45, 2.75) is 43.0 Å². The molecule has 7 heteroatoms. The second kappa shape index (κ2) is 5.61. The molecule has 116 valence electrons. The molecular weight excluding hydrogens is 331 g/mol. The molecule has 2 aliphatic rings. The first kappa shape index (κ1) is 15.4.